The standard InChI is InChI=1S/C9H14N4/c1-4-8(5-11-10-2)9-6-12-13(3)7-9/h4-7,10-11H,1H2,2-3H3/b8-5+. The Balaban J connectivity index is 2.84. The van der Waals surface area contributed by atoms with Gasteiger partial charge < -0.3 is 5.43 Å². The minimum Gasteiger partial charge on any atom is -0.328 e. The molecule has 0 saturated carbocycles. The number of rotatable bonds is 4. The van der Waals surface area contributed by atoms with Gasteiger partial charge in [-0.3, -0.25) is 4.68 Å². The molecule has 0 bridgehead atoms. The molecule has 1 aromatic rings. The third-order valence-corrected chi connectivity index (χ3v) is 1.63. The first kappa shape index (κ1) is 9.54. The summed E-state index contributed by atoms with van der Waals surface area (Å²) in [5.41, 5.74) is 7.74. The second kappa shape index (κ2) is 4.47. The van der Waals surface area contributed by atoms with E-state index >= 15 is 0 Å². The normalized spacial score (nSPS) is 11.4. The fourth-order valence-electron chi connectivity index (χ4n) is 0.980. The predicted octanol–water partition coefficient (Wildman–Crippen LogP) is 0.671. The number of hydrogen-bond donors (Lipinski definition) is 2. The van der Waals surface area contributed by atoms with Crippen molar-refractivity contribution in [3.05, 3.63) is 36.8 Å². The Morgan fingerprint density at radius 3 is 2.92 bits per heavy atom. The zero-order valence-electron chi connectivity index (χ0n) is 7.91. The van der Waals surface area contributed by atoms with E-state index in [-0.39, 0.29) is 0 Å². The summed E-state index contributed by atoms with van der Waals surface area (Å²) < 4.78 is 1.76. The molecule has 0 spiro atoms. The lowest BCUT2D eigenvalue weighted by Gasteiger charge is -1.99. The average molecular weight is 178 g/mol. The highest BCUT2D eigenvalue weighted by Crippen LogP contribution is 2.12. The highest BCUT2D eigenvalue weighted by Gasteiger charge is 1.98. The van der Waals surface area contributed by atoms with E-state index in [1.54, 1.807) is 24.0 Å². The van der Waals surface area contributed by atoms with E-state index in [1.807, 2.05) is 19.4 Å². The van der Waals surface area contributed by atoms with E-state index in [9.17, 15) is 0 Å². The minimum absolute atomic E-state index is 1.00. The van der Waals surface area contributed by atoms with Crippen LogP contribution in [0, 0.1) is 0 Å². The molecule has 4 nitrogen and oxygen atoms in total. The van der Waals surface area contributed by atoms with Gasteiger partial charge in [-0.05, 0) is 0 Å². The summed E-state index contributed by atoms with van der Waals surface area (Å²) in [6.07, 6.45) is 7.35. The third-order valence-electron chi connectivity index (χ3n) is 1.63. The highest BCUT2D eigenvalue weighted by atomic mass is 15.3. The van der Waals surface area contributed by atoms with Crippen LogP contribution in [0.25, 0.3) is 5.57 Å². The van der Waals surface area contributed by atoms with Crippen molar-refractivity contribution in [2.45, 2.75) is 0 Å². The summed E-state index contributed by atoms with van der Waals surface area (Å²) >= 11 is 0. The zero-order chi connectivity index (χ0) is 9.68. The number of nitrogens with one attached hydrogen (secondary N) is 2. The summed E-state index contributed by atoms with van der Waals surface area (Å²) in [5.74, 6) is 0. The molecule has 0 atom stereocenters. The Labute approximate surface area is 77.9 Å². The van der Waals surface area contributed by atoms with Gasteiger partial charge in [0.05, 0.1) is 6.20 Å². The average Bonchev–Trinajstić information content (AvgIpc) is 2.54. The molecule has 1 heterocycles. The summed E-state index contributed by atoms with van der Waals surface area (Å²) in [4.78, 5) is 0. The highest BCUT2D eigenvalue weighted by molar-refractivity contribution is 5.72. The molecule has 4 heteroatoms. The maximum absolute atomic E-state index is 4.07. The summed E-state index contributed by atoms with van der Waals surface area (Å²) in [6.45, 7) is 3.73. The molecule has 0 fully saturated rings. The van der Waals surface area contributed by atoms with E-state index in [2.05, 4.69) is 22.5 Å². The SMILES string of the molecule is C=C/C(=C\NNC)c1cnn(C)c1. The van der Waals surface area contributed by atoms with Gasteiger partial charge >= 0.3 is 0 Å². The van der Waals surface area contributed by atoms with Crippen LogP contribution in [-0.4, -0.2) is 16.8 Å². The van der Waals surface area contributed by atoms with E-state index in [0.29, 0.717) is 0 Å². The second-order valence-corrected chi connectivity index (χ2v) is 2.60. The molecule has 1 aromatic heterocycles. The van der Waals surface area contributed by atoms with Gasteiger partial charge in [0.25, 0.3) is 0 Å². The first-order chi connectivity index (χ1) is 6.27. The van der Waals surface area contributed by atoms with E-state index in [1.165, 1.54) is 0 Å². The molecule has 0 aliphatic carbocycles. The summed E-state index contributed by atoms with van der Waals surface area (Å²) in [7, 11) is 3.69. The Bertz CT molecular complexity index is 311. The number of hydrogen-bond acceptors (Lipinski definition) is 3. The van der Waals surface area contributed by atoms with Gasteiger partial charge in [-0.1, -0.05) is 12.7 Å². The molecule has 0 aromatic carbocycles. The van der Waals surface area contributed by atoms with Crippen LogP contribution in [0.1, 0.15) is 5.56 Å². The van der Waals surface area contributed by atoms with Crippen molar-refractivity contribution in [1.82, 2.24) is 20.6 Å². The Morgan fingerprint density at radius 1 is 1.69 bits per heavy atom. The van der Waals surface area contributed by atoms with Crippen molar-refractivity contribution in [1.29, 1.82) is 0 Å². The van der Waals surface area contributed by atoms with Crippen molar-refractivity contribution in [3.63, 3.8) is 0 Å². The van der Waals surface area contributed by atoms with Crippen LogP contribution in [0.2, 0.25) is 0 Å². The smallest absolute Gasteiger partial charge is 0.0568 e. The Hall–Kier alpha value is -1.55. The third kappa shape index (κ3) is 2.45. The van der Waals surface area contributed by atoms with Crippen LogP contribution in [0.3, 0.4) is 0 Å². The number of nitrogens with zero attached hydrogens (tertiary/aromatic N) is 2. The minimum atomic E-state index is 1.00. The van der Waals surface area contributed by atoms with Crippen molar-refractivity contribution in [2.75, 3.05) is 7.05 Å². The maximum atomic E-state index is 4.07. The van der Waals surface area contributed by atoms with Crippen molar-refractivity contribution in [2.24, 2.45) is 7.05 Å². The van der Waals surface area contributed by atoms with Crippen LogP contribution >= 0.6 is 0 Å². The maximum Gasteiger partial charge on any atom is 0.0568 e. The predicted molar refractivity (Wildman–Crippen MR) is 53.6 cm³/mol. The summed E-state index contributed by atoms with van der Waals surface area (Å²) in [5, 5.41) is 4.07. The first-order valence-electron chi connectivity index (χ1n) is 4.02. The Kier molecular flexibility index (Phi) is 3.28. The van der Waals surface area contributed by atoms with E-state index in [0.717, 1.165) is 11.1 Å². The number of allylic oxidation sites excluding steroid dienone is 2. The number of hydrazine groups is 1. The van der Waals surface area contributed by atoms with Crippen LogP contribution in [-0.2, 0) is 7.05 Å². The molecule has 0 amide bonds. The molecule has 13 heavy (non-hydrogen) atoms. The molecule has 1 rings (SSSR count). The fraction of sp³-hybridized carbons (Fsp3) is 0.222. The van der Waals surface area contributed by atoms with Crippen molar-refractivity contribution in [3.8, 4) is 0 Å². The van der Waals surface area contributed by atoms with E-state index in [4.69, 9.17) is 0 Å². The van der Waals surface area contributed by atoms with Gasteiger partial charge in [0.2, 0.25) is 0 Å². The lowest BCUT2D eigenvalue weighted by Crippen LogP contribution is -2.21. The molecule has 0 aliphatic rings. The van der Waals surface area contributed by atoms with Crippen LogP contribution < -0.4 is 10.9 Å². The Morgan fingerprint density at radius 2 is 2.46 bits per heavy atom. The zero-order valence-corrected chi connectivity index (χ0v) is 7.91. The van der Waals surface area contributed by atoms with Gasteiger partial charge in [0.15, 0.2) is 0 Å². The quantitative estimate of drug-likeness (QED) is 0.526. The first-order valence-corrected chi connectivity index (χ1v) is 4.02. The molecule has 70 valence electrons. The van der Waals surface area contributed by atoms with Crippen LogP contribution in [0.4, 0.5) is 0 Å². The molecular formula is C9H14N4. The van der Waals surface area contributed by atoms with Gasteiger partial charge in [-0.25, -0.2) is 5.43 Å². The molecule has 0 saturated heterocycles. The molecular weight excluding hydrogens is 164 g/mol. The van der Waals surface area contributed by atoms with Gasteiger partial charge in [0, 0.05) is 37.6 Å². The summed E-state index contributed by atoms with van der Waals surface area (Å²) in [6, 6.07) is 0. The fourth-order valence-corrected chi connectivity index (χ4v) is 0.980. The topological polar surface area (TPSA) is 41.9 Å². The number of aryl methyl sites for hydroxylation is 1. The van der Waals surface area contributed by atoms with Gasteiger partial charge in [-0.2, -0.15) is 5.10 Å². The lowest BCUT2D eigenvalue weighted by molar-refractivity contribution is 0.732. The molecule has 0 unspecified atom stereocenters. The van der Waals surface area contributed by atoms with Crippen molar-refractivity contribution < 1.29 is 0 Å². The van der Waals surface area contributed by atoms with Crippen molar-refractivity contribution >= 4 is 5.57 Å². The van der Waals surface area contributed by atoms with Crippen LogP contribution in [0.15, 0.2) is 31.2 Å². The second-order valence-electron chi connectivity index (χ2n) is 2.60. The monoisotopic (exact) mass is 178 g/mol. The number of aromatic nitrogens is 2. The molecule has 0 aliphatic heterocycles. The van der Waals surface area contributed by atoms with Crippen LogP contribution in [0.5, 0.6) is 0 Å². The van der Waals surface area contributed by atoms with Gasteiger partial charge in [-0.15, -0.1) is 0 Å². The van der Waals surface area contributed by atoms with E-state index < -0.39 is 0 Å². The molecule has 2 N–H and O–H groups in total. The van der Waals surface area contributed by atoms with Gasteiger partial charge in [0.1, 0.15) is 0 Å². The lowest BCUT2D eigenvalue weighted by atomic mass is 10.1. The molecule has 0 radical (unpaired) electrons. The largest absolute Gasteiger partial charge is 0.328 e.